The van der Waals surface area contributed by atoms with Crippen LogP contribution in [-0.4, -0.2) is 16.4 Å². The van der Waals surface area contributed by atoms with Gasteiger partial charge in [-0.2, -0.15) is 0 Å². The predicted molar refractivity (Wildman–Crippen MR) is 119 cm³/mol. The fourth-order valence-corrected chi connectivity index (χ4v) is 3.81. The normalized spacial score (nSPS) is 11.1. The summed E-state index contributed by atoms with van der Waals surface area (Å²) in [5.74, 6) is -0.793. The number of nitrogens with zero attached hydrogens (tertiary/aromatic N) is 1. The molecule has 4 rings (SSSR count). The number of carbonyl (C=O) groups is 2. The minimum atomic E-state index is -0.441. The van der Waals surface area contributed by atoms with Gasteiger partial charge in [-0.3, -0.25) is 20.4 Å². The van der Waals surface area contributed by atoms with Gasteiger partial charge in [-0.1, -0.05) is 30.3 Å². The van der Waals surface area contributed by atoms with Gasteiger partial charge in [0, 0.05) is 41.5 Å². The second-order valence-corrected chi connectivity index (χ2v) is 7.67. The summed E-state index contributed by atoms with van der Waals surface area (Å²) >= 11 is 0. The van der Waals surface area contributed by atoms with Gasteiger partial charge in [0.2, 0.25) is 5.91 Å². The Morgan fingerprint density at radius 2 is 1.81 bits per heavy atom. The molecule has 0 unspecified atom stereocenters. The van der Waals surface area contributed by atoms with Crippen molar-refractivity contribution >= 4 is 33.7 Å². The zero-order valence-corrected chi connectivity index (χ0v) is 17.6. The first-order valence-corrected chi connectivity index (χ1v) is 10.0. The molecule has 2 aromatic carbocycles. The molecule has 2 aromatic heterocycles. The highest BCUT2D eigenvalue weighted by atomic mass is 16.4. The number of hydrazine groups is 1. The van der Waals surface area contributed by atoms with Crippen molar-refractivity contribution in [1.82, 2.24) is 15.4 Å². The first-order chi connectivity index (χ1) is 14.8. The number of aryl methyl sites for hydroxylation is 3. The molecule has 4 aromatic rings. The van der Waals surface area contributed by atoms with E-state index in [9.17, 15) is 14.4 Å². The topological polar surface area (TPSA) is 93.3 Å². The number of hydrogen-bond donors (Lipinski definition) is 2. The lowest BCUT2D eigenvalue weighted by atomic mass is 10.0. The van der Waals surface area contributed by atoms with Crippen LogP contribution in [0.1, 0.15) is 33.5 Å². The van der Waals surface area contributed by atoms with Crippen LogP contribution < -0.4 is 16.5 Å². The first kappa shape index (κ1) is 20.4. The monoisotopic (exact) mass is 417 g/mol. The number of benzene rings is 2. The van der Waals surface area contributed by atoms with E-state index in [1.807, 2.05) is 67.9 Å². The van der Waals surface area contributed by atoms with Gasteiger partial charge in [-0.15, -0.1) is 0 Å². The SMILES string of the molecule is Cc1ccc2c(C)c(CCC(=O)NNC(=O)c3cn(C)c4ccccc34)c(=O)oc2c1. The summed E-state index contributed by atoms with van der Waals surface area (Å²) in [6, 6.07) is 13.2. The summed E-state index contributed by atoms with van der Waals surface area (Å²) in [7, 11) is 1.86. The highest BCUT2D eigenvalue weighted by Crippen LogP contribution is 2.22. The minimum Gasteiger partial charge on any atom is -0.423 e. The summed E-state index contributed by atoms with van der Waals surface area (Å²) < 4.78 is 7.28. The molecule has 0 radical (unpaired) electrons. The highest BCUT2D eigenvalue weighted by Gasteiger charge is 2.16. The molecule has 0 saturated heterocycles. The van der Waals surface area contributed by atoms with Crippen LogP contribution in [0, 0.1) is 13.8 Å². The molecule has 0 aliphatic rings. The van der Waals surface area contributed by atoms with Crippen molar-refractivity contribution in [3.8, 4) is 0 Å². The maximum atomic E-state index is 12.5. The van der Waals surface area contributed by atoms with E-state index in [4.69, 9.17) is 4.42 Å². The minimum absolute atomic E-state index is 0.0405. The molecule has 158 valence electrons. The number of carbonyl (C=O) groups excluding carboxylic acids is 2. The fourth-order valence-electron chi connectivity index (χ4n) is 3.81. The molecule has 2 heterocycles. The van der Waals surface area contributed by atoms with Gasteiger partial charge < -0.3 is 8.98 Å². The lowest BCUT2D eigenvalue weighted by molar-refractivity contribution is -0.121. The van der Waals surface area contributed by atoms with Crippen LogP contribution in [0.4, 0.5) is 0 Å². The number of hydrogen-bond acceptors (Lipinski definition) is 4. The summed E-state index contributed by atoms with van der Waals surface area (Å²) in [6.45, 7) is 3.78. The molecule has 0 bridgehead atoms. The summed E-state index contributed by atoms with van der Waals surface area (Å²) in [5.41, 5.74) is 8.65. The van der Waals surface area contributed by atoms with E-state index < -0.39 is 17.4 Å². The van der Waals surface area contributed by atoms with Crippen LogP contribution in [0.25, 0.3) is 21.9 Å². The first-order valence-electron chi connectivity index (χ1n) is 10.0. The molecular formula is C24H23N3O4. The third-order valence-electron chi connectivity index (χ3n) is 5.50. The Morgan fingerprint density at radius 1 is 1.03 bits per heavy atom. The second-order valence-electron chi connectivity index (χ2n) is 7.67. The van der Waals surface area contributed by atoms with Gasteiger partial charge in [0.15, 0.2) is 0 Å². The molecule has 7 nitrogen and oxygen atoms in total. The molecule has 0 fully saturated rings. The molecule has 2 N–H and O–H groups in total. The maximum absolute atomic E-state index is 12.5. The number of fused-ring (bicyclic) bond motifs is 2. The van der Waals surface area contributed by atoms with Crippen molar-refractivity contribution in [2.24, 2.45) is 7.05 Å². The molecule has 7 heteroatoms. The molecule has 0 aliphatic carbocycles. The van der Waals surface area contributed by atoms with Crippen LogP contribution >= 0.6 is 0 Å². The number of rotatable bonds is 4. The lowest BCUT2D eigenvalue weighted by Gasteiger charge is -2.09. The van der Waals surface area contributed by atoms with E-state index in [1.165, 1.54) is 0 Å². The molecule has 0 atom stereocenters. The quantitative estimate of drug-likeness (QED) is 0.394. The summed E-state index contributed by atoms with van der Waals surface area (Å²) in [4.78, 5) is 37.2. The van der Waals surface area contributed by atoms with Gasteiger partial charge in [0.05, 0.1) is 5.56 Å². The van der Waals surface area contributed by atoms with E-state index in [2.05, 4.69) is 10.9 Å². The van der Waals surface area contributed by atoms with E-state index in [1.54, 1.807) is 6.20 Å². The molecular weight excluding hydrogens is 394 g/mol. The second kappa shape index (κ2) is 8.10. The molecule has 31 heavy (non-hydrogen) atoms. The van der Waals surface area contributed by atoms with Crippen molar-refractivity contribution < 1.29 is 14.0 Å². The van der Waals surface area contributed by atoms with Crippen LogP contribution in [0.15, 0.2) is 57.9 Å². The average molecular weight is 417 g/mol. The molecule has 0 spiro atoms. The lowest BCUT2D eigenvalue weighted by Crippen LogP contribution is -2.41. The van der Waals surface area contributed by atoms with E-state index in [-0.39, 0.29) is 12.8 Å². The van der Waals surface area contributed by atoms with Gasteiger partial charge in [0.25, 0.3) is 5.91 Å². The molecule has 2 amide bonds. The van der Waals surface area contributed by atoms with Crippen molar-refractivity contribution in [2.45, 2.75) is 26.7 Å². The van der Waals surface area contributed by atoms with E-state index in [0.717, 1.165) is 27.4 Å². The number of nitrogens with one attached hydrogen (secondary N) is 2. The Kier molecular flexibility index (Phi) is 5.33. The van der Waals surface area contributed by atoms with Crippen molar-refractivity contribution in [2.75, 3.05) is 0 Å². The Bertz CT molecular complexity index is 1380. The number of amides is 2. The predicted octanol–water partition coefficient (Wildman–Crippen LogP) is 3.30. The van der Waals surface area contributed by atoms with Crippen LogP contribution in [0.5, 0.6) is 0 Å². The summed E-state index contributed by atoms with van der Waals surface area (Å²) in [5, 5.41) is 1.65. The van der Waals surface area contributed by atoms with Gasteiger partial charge >= 0.3 is 5.63 Å². The number of para-hydroxylation sites is 1. The van der Waals surface area contributed by atoms with Gasteiger partial charge in [-0.25, -0.2) is 4.79 Å². The Labute approximate surface area is 178 Å². The average Bonchev–Trinajstić information content (AvgIpc) is 3.08. The Morgan fingerprint density at radius 3 is 2.61 bits per heavy atom. The fraction of sp³-hybridized carbons (Fsp3) is 0.208. The molecule has 0 saturated carbocycles. The molecule has 0 aliphatic heterocycles. The smallest absolute Gasteiger partial charge is 0.339 e. The third-order valence-corrected chi connectivity index (χ3v) is 5.50. The van der Waals surface area contributed by atoms with Crippen LogP contribution in [0.2, 0.25) is 0 Å². The largest absolute Gasteiger partial charge is 0.423 e. The van der Waals surface area contributed by atoms with Crippen LogP contribution in [0.3, 0.4) is 0 Å². The van der Waals surface area contributed by atoms with Gasteiger partial charge in [-0.05, 0) is 43.5 Å². The van der Waals surface area contributed by atoms with E-state index in [0.29, 0.717) is 16.7 Å². The Balaban J connectivity index is 1.42. The van der Waals surface area contributed by atoms with Gasteiger partial charge in [0.1, 0.15) is 5.58 Å². The van der Waals surface area contributed by atoms with E-state index >= 15 is 0 Å². The number of aromatic nitrogens is 1. The summed E-state index contributed by atoms with van der Waals surface area (Å²) in [6.07, 6.45) is 1.98. The maximum Gasteiger partial charge on any atom is 0.339 e. The van der Waals surface area contributed by atoms with Crippen molar-refractivity contribution in [1.29, 1.82) is 0 Å². The standard InChI is InChI=1S/C24H23N3O4/c1-14-8-9-16-15(2)17(24(30)31-21(16)12-14)10-11-22(28)25-26-23(29)19-13-27(3)20-7-5-4-6-18(19)20/h4-9,12-13H,10-11H2,1-3H3,(H,25,28)(H,26,29). The zero-order chi connectivity index (χ0) is 22.1. The van der Waals surface area contributed by atoms with Crippen LogP contribution in [-0.2, 0) is 18.3 Å². The van der Waals surface area contributed by atoms with Crippen molar-refractivity contribution in [3.63, 3.8) is 0 Å². The zero-order valence-electron chi connectivity index (χ0n) is 17.6. The Hall–Kier alpha value is -3.87. The van der Waals surface area contributed by atoms with Crippen molar-refractivity contribution in [3.05, 3.63) is 81.3 Å². The highest BCUT2D eigenvalue weighted by molar-refractivity contribution is 6.07. The third kappa shape index (κ3) is 3.94.